The topological polar surface area (TPSA) is 60.1 Å². The highest BCUT2D eigenvalue weighted by atomic mass is 16.1. The molecular formula is C15H21N3O. The van der Waals surface area contributed by atoms with E-state index in [0.29, 0.717) is 6.54 Å². The van der Waals surface area contributed by atoms with Crippen molar-refractivity contribution in [3.8, 4) is 0 Å². The number of aromatic nitrogens is 1. The Kier molecular flexibility index (Phi) is 4.22. The molecule has 0 aliphatic rings. The second-order valence-corrected chi connectivity index (χ2v) is 4.91. The van der Waals surface area contributed by atoms with E-state index in [1.807, 2.05) is 13.1 Å². The molecule has 19 heavy (non-hydrogen) atoms. The Balaban J connectivity index is 2.36. The van der Waals surface area contributed by atoms with E-state index in [1.165, 1.54) is 16.5 Å². The Morgan fingerprint density at radius 2 is 2.21 bits per heavy atom. The lowest BCUT2D eigenvalue weighted by molar-refractivity contribution is -0.121. The zero-order valence-corrected chi connectivity index (χ0v) is 11.5. The van der Waals surface area contributed by atoms with Crippen LogP contribution < -0.4 is 11.1 Å². The second kappa shape index (κ2) is 5.89. The Hall–Kier alpha value is -1.81. The van der Waals surface area contributed by atoms with Crippen molar-refractivity contribution in [3.05, 3.63) is 36.0 Å². The number of benzene rings is 1. The SMILES string of the molecule is CCNCc1cccc2ccn(CC(C)C(N)=O)c12. The number of nitrogens with zero attached hydrogens (tertiary/aromatic N) is 1. The predicted molar refractivity (Wildman–Crippen MR) is 77.7 cm³/mol. The molecule has 0 aliphatic carbocycles. The van der Waals surface area contributed by atoms with E-state index in [-0.39, 0.29) is 11.8 Å². The average Bonchev–Trinajstić information content (AvgIpc) is 2.80. The van der Waals surface area contributed by atoms with E-state index >= 15 is 0 Å². The lowest BCUT2D eigenvalue weighted by Gasteiger charge is -2.13. The van der Waals surface area contributed by atoms with E-state index in [9.17, 15) is 4.79 Å². The molecule has 0 saturated heterocycles. The fourth-order valence-electron chi connectivity index (χ4n) is 2.28. The van der Waals surface area contributed by atoms with Crippen molar-refractivity contribution in [1.82, 2.24) is 9.88 Å². The molecule has 0 radical (unpaired) electrons. The number of rotatable bonds is 6. The minimum Gasteiger partial charge on any atom is -0.369 e. The molecule has 1 heterocycles. The summed E-state index contributed by atoms with van der Waals surface area (Å²) in [6.45, 7) is 6.36. The van der Waals surface area contributed by atoms with Crippen molar-refractivity contribution < 1.29 is 4.79 Å². The molecule has 2 rings (SSSR count). The summed E-state index contributed by atoms with van der Waals surface area (Å²) >= 11 is 0. The summed E-state index contributed by atoms with van der Waals surface area (Å²) < 4.78 is 2.12. The first kappa shape index (κ1) is 13.6. The Labute approximate surface area is 113 Å². The summed E-state index contributed by atoms with van der Waals surface area (Å²) in [6, 6.07) is 8.36. The van der Waals surface area contributed by atoms with Crippen molar-refractivity contribution in [3.63, 3.8) is 0 Å². The number of primary amides is 1. The number of carbonyl (C=O) groups excluding carboxylic acids is 1. The van der Waals surface area contributed by atoms with Crippen LogP contribution in [0.3, 0.4) is 0 Å². The van der Waals surface area contributed by atoms with Crippen molar-refractivity contribution in [1.29, 1.82) is 0 Å². The van der Waals surface area contributed by atoms with Crippen LogP contribution in [0.25, 0.3) is 10.9 Å². The third-order valence-corrected chi connectivity index (χ3v) is 3.39. The standard InChI is InChI=1S/C15H21N3O/c1-3-17-9-13-6-4-5-12-7-8-18(14(12)13)10-11(2)15(16)19/h4-8,11,17H,3,9-10H2,1-2H3,(H2,16,19). The van der Waals surface area contributed by atoms with Gasteiger partial charge < -0.3 is 15.6 Å². The molecule has 4 heteroatoms. The maximum absolute atomic E-state index is 11.2. The molecule has 0 saturated carbocycles. The quantitative estimate of drug-likeness (QED) is 0.832. The molecule has 1 unspecified atom stereocenters. The van der Waals surface area contributed by atoms with Crippen LogP contribution in [0.1, 0.15) is 19.4 Å². The third kappa shape index (κ3) is 2.96. The number of nitrogens with one attached hydrogen (secondary N) is 1. The first-order chi connectivity index (χ1) is 9.13. The first-order valence-electron chi connectivity index (χ1n) is 6.70. The molecule has 0 aliphatic heterocycles. The number of carbonyl (C=O) groups is 1. The van der Waals surface area contributed by atoms with Crippen LogP contribution in [0.15, 0.2) is 30.5 Å². The number of hydrogen-bond acceptors (Lipinski definition) is 2. The monoisotopic (exact) mass is 259 g/mol. The minimum atomic E-state index is -0.258. The molecule has 2 aromatic rings. The normalized spacial score (nSPS) is 12.7. The van der Waals surface area contributed by atoms with Crippen LogP contribution >= 0.6 is 0 Å². The van der Waals surface area contributed by atoms with Gasteiger partial charge in [-0.05, 0) is 23.6 Å². The maximum Gasteiger partial charge on any atom is 0.222 e. The van der Waals surface area contributed by atoms with Gasteiger partial charge in [0.1, 0.15) is 0 Å². The number of nitrogens with two attached hydrogens (primary N) is 1. The van der Waals surface area contributed by atoms with E-state index < -0.39 is 0 Å². The summed E-state index contributed by atoms with van der Waals surface area (Å²) in [7, 11) is 0. The van der Waals surface area contributed by atoms with Gasteiger partial charge in [-0.3, -0.25) is 4.79 Å². The van der Waals surface area contributed by atoms with Crippen LogP contribution in [-0.2, 0) is 17.9 Å². The molecule has 0 fully saturated rings. The molecule has 0 bridgehead atoms. The fourth-order valence-corrected chi connectivity index (χ4v) is 2.28. The minimum absolute atomic E-state index is 0.164. The van der Waals surface area contributed by atoms with Crippen molar-refractivity contribution in [2.75, 3.05) is 6.54 Å². The summed E-state index contributed by atoms with van der Waals surface area (Å²) in [6.07, 6.45) is 2.03. The molecule has 102 valence electrons. The lowest BCUT2D eigenvalue weighted by Crippen LogP contribution is -2.24. The predicted octanol–water partition coefficient (Wildman–Crippen LogP) is 1.87. The molecule has 1 aromatic carbocycles. The molecule has 1 aromatic heterocycles. The van der Waals surface area contributed by atoms with Gasteiger partial charge in [0.25, 0.3) is 0 Å². The molecule has 1 amide bonds. The Morgan fingerprint density at radius 3 is 2.89 bits per heavy atom. The van der Waals surface area contributed by atoms with Crippen molar-refractivity contribution in [2.24, 2.45) is 11.7 Å². The largest absolute Gasteiger partial charge is 0.369 e. The summed E-state index contributed by atoms with van der Waals surface area (Å²) in [5, 5.41) is 4.55. The van der Waals surface area contributed by atoms with Crippen LogP contribution in [0, 0.1) is 5.92 Å². The highest BCUT2D eigenvalue weighted by molar-refractivity contribution is 5.84. The molecule has 3 N–H and O–H groups in total. The molecule has 4 nitrogen and oxygen atoms in total. The van der Waals surface area contributed by atoms with Crippen molar-refractivity contribution in [2.45, 2.75) is 26.9 Å². The van der Waals surface area contributed by atoms with E-state index in [1.54, 1.807) is 0 Å². The maximum atomic E-state index is 11.2. The molecular weight excluding hydrogens is 238 g/mol. The van der Waals surface area contributed by atoms with Crippen LogP contribution in [0.4, 0.5) is 0 Å². The number of fused-ring (bicyclic) bond motifs is 1. The van der Waals surface area contributed by atoms with Gasteiger partial charge in [-0.2, -0.15) is 0 Å². The van der Waals surface area contributed by atoms with Gasteiger partial charge in [0.2, 0.25) is 5.91 Å². The zero-order chi connectivity index (χ0) is 13.8. The smallest absolute Gasteiger partial charge is 0.222 e. The highest BCUT2D eigenvalue weighted by Crippen LogP contribution is 2.21. The second-order valence-electron chi connectivity index (χ2n) is 4.91. The number of para-hydroxylation sites is 1. The first-order valence-corrected chi connectivity index (χ1v) is 6.70. The Morgan fingerprint density at radius 1 is 1.42 bits per heavy atom. The van der Waals surface area contributed by atoms with Crippen molar-refractivity contribution >= 4 is 16.8 Å². The van der Waals surface area contributed by atoms with Gasteiger partial charge in [-0.25, -0.2) is 0 Å². The van der Waals surface area contributed by atoms with Crippen LogP contribution in [0.2, 0.25) is 0 Å². The van der Waals surface area contributed by atoms with Gasteiger partial charge >= 0.3 is 0 Å². The fraction of sp³-hybridized carbons (Fsp3) is 0.400. The van der Waals surface area contributed by atoms with Crippen LogP contribution in [0.5, 0.6) is 0 Å². The van der Waals surface area contributed by atoms with Gasteiger partial charge in [0, 0.05) is 19.3 Å². The average molecular weight is 259 g/mol. The highest BCUT2D eigenvalue weighted by Gasteiger charge is 2.12. The van der Waals surface area contributed by atoms with Crippen LogP contribution in [-0.4, -0.2) is 17.0 Å². The van der Waals surface area contributed by atoms with E-state index in [0.717, 1.165) is 13.1 Å². The van der Waals surface area contributed by atoms with Gasteiger partial charge in [0.05, 0.1) is 11.4 Å². The lowest BCUT2D eigenvalue weighted by atomic mass is 10.1. The number of amides is 1. The third-order valence-electron chi connectivity index (χ3n) is 3.39. The van der Waals surface area contributed by atoms with E-state index in [2.05, 4.69) is 41.1 Å². The van der Waals surface area contributed by atoms with Gasteiger partial charge in [0.15, 0.2) is 0 Å². The molecule has 1 atom stereocenters. The van der Waals surface area contributed by atoms with E-state index in [4.69, 9.17) is 5.73 Å². The summed E-state index contributed by atoms with van der Waals surface area (Å²) in [5.74, 6) is -0.422. The Bertz CT molecular complexity index is 574. The number of hydrogen-bond donors (Lipinski definition) is 2. The summed E-state index contributed by atoms with van der Waals surface area (Å²) in [5.41, 5.74) is 7.79. The van der Waals surface area contributed by atoms with Gasteiger partial charge in [-0.15, -0.1) is 0 Å². The molecule has 0 spiro atoms. The summed E-state index contributed by atoms with van der Waals surface area (Å²) in [4.78, 5) is 11.2. The van der Waals surface area contributed by atoms with Gasteiger partial charge in [-0.1, -0.05) is 32.0 Å². The zero-order valence-electron chi connectivity index (χ0n) is 11.5.